The van der Waals surface area contributed by atoms with E-state index < -0.39 is 0 Å². The molecule has 2 atom stereocenters. The van der Waals surface area contributed by atoms with E-state index in [1.54, 1.807) is 0 Å². The van der Waals surface area contributed by atoms with E-state index in [9.17, 15) is 9.59 Å². The number of nitrogens with one attached hydrogen (secondary N) is 1. The Morgan fingerprint density at radius 3 is 2.96 bits per heavy atom. The molecule has 5 heteroatoms. The van der Waals surface area contributed by atoms with Crippen LogP contribution < -0.4 is 0 Å². The van der Waals surface area contributed by atoms with Gasteiger partial charge in [0.15, 0.2) is 5.78 Å². The van der Waals surface area contributed by atoms with Crippen molar-refractivity contribution in [3.63, 3.8) is 0 Å². The van der Waals surface area contributed by atoms with Gasteiger partial charge in [0.05, 0.1) is 25.2 Å². The fourth-order valence-corrected chi connectivity index (χ4v) is 3.84. The van der Waals surface area contributed by atoms with Gasteiger partial charge in [0, 0.05) is 30.7 Å². The number of fused-ring (bicyclic) bond motifs is 1. The summed E-state index contributed by atoms with van der Waals surface area (Å²) in [6.07, 6.45) is 2.50. The number of Topliss-reactive ketones (excluding diaryl/α,β-unsaturated/α-hetero) is 1. The molecule has 1 aromatic rings. The lowest BCUT2D eigenvalue weighted by atomic mass is 9.96. The molecule has 0 aromatic heterocycles. The molecule has 0 radical (unpaired) electrons. The van der Waals surface area contributed by atoms with E-state index in [1.807, 2.05) is 30.0 Å². The number of ketones is 1. The van der Waals surface area contributed by atoms with Crippen LogP contribution in [0.3, 0.4) is 0 Å². The second kappa shape index (κ2) is 7.48. The zero-order chi connectivity index (χ0) is 18.0. The van der Waals surface area contributed by atoms with Gasteiger partial charge in [-0.1, -0.05) is 31.0 Å². The molecule has 1 heterocycles. The van der Waals surface area contributed by atoms with Crippen molar-refractivity contribution < 1.29 is 14.3 Å². The molecule has 1 aromatic carbocycles. The van der Waals surface area contributed by atoms with Crippen molar-refractivity contribution >= 4 is 17.4 Å². The number of morpholine rings is 1. The van der Waals surface area contributed by atoms with Crippen molar-refractivity contribution in [2.75, 3.05) is 19.8 Å². The first-order valence-corrected chi connectivity index (χ1v) is 9.09. The Bertz CT molecular complexity index is 698. The van der Waals surface area contributed by atoms with Gasteiger partial charge < -0.3 is 15.0 Å². The molecule has 0 spiro atoms. The number of rotatable bonds is 5. The quantitative estimate of drug-likeness (QED) is 0.836. The van der Waals surface area contributed by atoms with E-state index in [0.717, 1.165) is 24.0 Å². The maximum atomic E-state index is 13.2. The van der Waals surface area contributed by atoms with Crippen molar-refractivity contribution in [2.24, 2.45) is 0 Å². The minimum absolute atomic E-state index is 0.00792. The number of nitrogens with zero attached hydrogens (tertiary/aromatic N) is 1. The minimum Gasteiger partial charge on any atom is -0.377 e. The summed E-state index contributed by atoms with van der Waals surface area (Å²) in [6, 6.07) is 5.68. The second-order valence-electron chi connectivity index (χ2n) is 7.09. The van der Waals surface area contributed by atoms with Crippen LogP contribution in [-0.4, -0.2) is 48.1 Å². The number of carbonyl (C=O) groups is 2. The third-order valence-corrected chi connectivity index (χ3v) is 5.12. The average molecular weight is 342 g/mol. The first kappa shape index (κ1) is 17.8. The van der Waals surface area contributed by atoms with Crippen molar-refractivity contribution in [1.82, 2.24) is 4.90 Å². The summed E-state index contributed by atoms with van der Waals surface area (Å²) < 4.78 is 5.55. The number of carbonyl (C=O) groups excluding carboxylic acids is 2. The van der Waals surface area contributed by atoms with E-state index in [4.69, 9.17) is 10.1 Å². The SMILES string of the molecule is CCCC(=N)CC1COCCN1C(=O)C1CC(=O)c2cc(C)ccc21. The fourth-order valence-electron chi connectivity index (χ4n) is 3.84. The summed E-state index contributed by atoms with van der Waals surface area (Å²) >= 11 is 0. The fraction of sp³-hybridized carbons (Fsp3) is 0.550. The molecule has 1 fully saturated rings. The minimum atomic E-state index is -0.385. The lowest BCUT2D eigenvalue weighted by Gasteiger charge is -2.37. The zero-order valence-electron chi connectivity index (χ0n) is 15.0. The standard InChI is InChI=1S/C20H26N2O3/c1-3-4-14(21)10-15-12-25-8-7-22(15)20(24)18-11-19(23)17-9-13(2)5-6-16(17)18/h5-6,9,15,18,21H,3-4,7-8,10-12H2,1-2H3. The summed E-state index contributed by atoms with van der Waals surface area (Å²) in [6.45, 7) is 5.54. The van der Waals surface area contributed by atoms with Gasteiger partial charge in [-0.05, 0) is 25.0 Å². The molecule has 1 amide bonds. The van der Waals surface area contributed by atoms with E-state index in [2.05, 4.69) is 6.92 Å². The monoisotopic (exact) mass is 342 g/mol. The topological polar surface area (TPSA) is 70.5 Å². The first-order valence-electron chi connectivity index (χ1n) is 9.09. The van der Waals surface area contributed by atoms with Crippen LogP contribution in [0.5, 0.6) is 0 Å². The highest BCUT2D eigenvalue weighted by Gasteiger charge is 2.39. The van der Waals surface area contributed by atoms with Gasteiger partial charge in [0.2, 0.25) is 5.91 Å². The van der Waals surface area contributed by atoms with Gasteiger partial charge in [-0.3, -0.25) is 9.59 Å². The highest BCUT2D eigenvalue weighted by Crippen LogP contribution is 2.36. The highest BCUT2D eigenvalue weighted by molar-refractivity contribution is 6.07. The van der Waals surface area contributed by atoms with Crippen molar-refractivity contribution in [3.05, 3.63) is 34.9 Å². The van der Waals surface area contributed by atoms with Gasteiger partial charge in [-0.15, -0.1) is 0 Å². The molecule has 1 N–H and O–H groups in total. The Kier molecular flexibility index (Phi) is 5.33. The van der Waals surface area contributed by atoms with Crippen LogP contribution in [0.4, 0.5) is 0 Å². The number of ether oxygens (including phenoxy) is 1. The van der Waals surface area contributed by atoms with Crippen LogP contribution in [0.2, 0.25) is 0 Å². The predicted octanol–water partition coefficient (Wildman–Crippen LogP) is 3.10. The van der Waals surface area contributed by atoms with Crippen LogP contribution in [0.15, 0.2) is 18.2 Å². The zero-order valence-corrected chi connectivity index (χ0v) is 15.0. The Morgan fingerprint density at radius 2 is 2.20 bits per heavy atom. The van der Waals surface area contributed by atoms with E-state index in [0.29, 0.717) is 37.5 Å². The summed E-state index contributed by atoms with van der Waals surface area (Å²) in [5.74, 6) is -0.321. The maximum absolute atomic E-state index is 13.2. The average Bonchev–Trinajstić information content (AvgIpc) is 2.91. The van der Waals surface area contributed by atoms with Gasteiger partial charge in [-0.25, -0.2) is 0 Å². The number of aryl methyl sites for hydroxylation is 1. The Morgan fingerprint density at radius 1 is 1.40 bits per heavy atom. The van der Waals surface area contributed by atoms with E-state index in [-0.39, 0.29) is 30.1 Å². The molecule has 3 rings (SSSR count). The molecule has 5 nitrogen and oxygen atoms in total. The number of hydrogen-bond acceptors (Lipinski definition) is 4. The molecule has 134 valence electrons. The molecule has 0 saturated carbocycles. The van der Waals surface area contributed by atoms with Crippen LogP contribution in [0.1, 0.15) is 60.0 Å². The highest BCUT2D eigenvalue weighted by atomic mass is 16.5. The van der Waals surface area contributed by atoms with E-state index >= 15 is 0 Å². The lowest BCUT2D eigenvalue weighted by molar-refractivity contribution is -0.141. The normalized spacial score (nSPS) is 22.8. The van der Waals surface area contributed by atoms with Gasteiger partial charge in [-0.2, -0.15) is 0 Å². The molecular weight excluding hydrogens is 316 g/mol. The third-order valence-electron chi connectivity index (χ3n) is 5.12. The van der Waals surface area contributed by atoms with Gasteiger partial charge >= 0.3 is 0 Å². The first-order chi connectivity index (χ1) is 12.0. The van der Waals surface area contributed by atoms with E-state index in [1.165, 1.54) is 0 Å². The van der Waals surface area contributed by atoms with Crippen LogP contribution in [-0.2, 0) is 9.53 Å². The molecular formula is C20H26N2O3. The third kappa shape index (κ3) is 3.66. The van der Waals surface area contributed by atoms with Crippen LogP contribution in [0, 0.1) is 12.3 Å². The smallest absolute Gasteiger partial charge is 0.231 e. The van der Waals surface area contributed by atoms with Crippen LogP contribution in [0.25, 0.3) is 0 Å². The predicted molar refractivity (Wildman–Crippen MR) is 96.4 cm³/mol. The number of benzene rings is 1. The van der Waals surface area contributed by atoms with Crippen molar-refractivity contribution in [3.8, 4) is 0 Å². The molecule has 2 aliphatic rings. The van der Waals surface area contributed by atoms with Crippen molar-refractivity contribution in [2.45, 2.75) is 51.5 Å². The van der Waals surface area contributed by atoms with Crippen molar-refractivity contribution in [1.29, 1.82) is 5.41 Å². The number of hydrogen-bond donors (Lipinski definition) is 1. The Hall–Kier alpha value is -2.01. The number of amides is 1. The Balaban J connectivity index is 1.79. The second-order valence-corrected chi connectivity index (χ2v) is 7.09. The van der Waals surface area contributed by atoms with Gasteiger partial charge in [0.25, 0.3) is 0 Å². The Labute approximate surface area is 148 Å². The maximum Gasteiger partial charge on any atom is 0.231 e. The summed E-state index contributed by atoms with van der Waals surface area (Å²) in [5.41, 5.74) is 3.25. The molecule has 1 aliphatic carbocycles. The molecule has 2 unspecified atom stereocenters. The summed E-state index contributed by atoms with van der Waals surface area (Å²) in [4.78, 5) is 27.4. The largest absolute Gasteiger partial charge is 0.377 e. The molecule has 25 heavy (non-hydrogen) atoms. The molecule has 1 aliphatic heterocycles. The molecule has 1 saturated heterocycles. The summed E-state index contributed by atoms with van der Waals surface area (Å²) in [5, 5.41) is 8.09. The summed E-state index contributed by atoms with van der Waals surface area (Å²) in [7, 11) is 0. The van der Waals surface area contributed by atoms with Crippen LogP contribution >= 0.6 is 0 Å². The molecule has 0 bridgehead atoms. The van der Waals surface area contributed by atoms with Gasteiger partial charge in [0.1, 0.15) is 0 Å². The lowest BCUT2D eigenvalue weighted by Crippen LogP contribution is -2.50.